The molecule has 0 heterocycles. The van der Waals surface area contributed by atoms with E-state index in [0.717, 1.165) is 12.3 Å². The Labute approximate surface area is 104 Å². The standard InChI is InChI=1S/C8H8Cl2O4S2/c1-15(11,12)5-6-4-7(16(10,13)14)2-3-8(6)9/h2-4H,5H2,1H3. The average molecular weight is 303 g/mol. The molecule has 0 spiro atoms. The van der Waals surface area contributed by atoms with Gasteiger partial charge in [0.25, 0.3) is 9.05 Å². The van der Waals surface area contributed by atoms with Crippen molar-refractivity contribution in [1.29, 1.82) is 0 Å². The molecule has 0 radical (unpaired) electrons. The van der Waals surface area contributed by atoms with E-state index in [4.69, 9.17) is 22.3 Å². The van der Waals surface area contributed by atoms with Gasteiger partial charge in [0, 0.05) is 22.0 Å². The zero-order chi connectivity index (χ0) is 12.6. The quantitative estimate of drug-likeness (QED) is 0.799. The fourth-order valence-electron chi connectivity index (χ4n) is 1.10. The molecule has 1 rings (SSSR count). The van der Waals surface area contributed by atoms with E-state index in [9.17, 15) is 16.8 Å². The molecule has 0 atom stereocenters. The highest BCUT2D eigenvalue weighted by atomic mass is 35.7. The third-order valence-corrected chi connectivity index (χ3v) is 4.27. The molecule has 0 amide bonds. The summed E-state index contributed by atoms with van der Waals surface area (Å²) >= 11 is 5.75. The minimum absolute atomic E-state index is 0.169. The van der Waals surface area contributed by atoms with Crippen molar-refractivity contribution in [3.8, 4) is 0 Å². The molecular weight excluding hydrogens is 295 g/mol. The Hall–Kier alpha value is -0.300. The summed E-state index contributed by atoms with van der Waals surface area (Å²) in [7, 11) is -2.03. The fraction of sp³-hybridized carbons (Fsp3) is 0.250. The van der Waals surface area contributed by atoms with E-state index in [1.807, 2.05) is 0 Å². The predicted molar refractivity (Wildman–Crippen MR) is 63.0 cm³/mol. The summed E-state index contributed by atoms with van der Waals surface area (Å²) in [6.07, 6.45) is 1.03. The van der Waals surface area contributed by atoms with Crippen molar-refractivity contribution < 1.29 is 16.8 Å². The molecular formula is C8H8Cl2O4S2. The average Bonchev–Trinajstić information content (AvgIpc) is 2.04. The highest BCUT2D eigenvalue weighted by Crippen LogP contribution is 2.24. The summed E-state index contributed by atoms with van der Waals surface area (Å²) in [6, 6.07) is 3.68. The van der Waals surface area contributed by atoms with Crippen molar-refractivity contribution in [3.63, 3.8) is 0 Å². The van der Waals surface area contributed by atoms with Crippen molar-refractivity contribution in [2.75, 3.05) is 6.26 Å². The number of hydrogen-bond acceptors (Lipinski definition) is 4. The van der Waals surface area contributed by atoms with E-state index in [0.29, 0.717) is 0 Å². The molecule has 0 unspecified atom stereocenters. The molecule has 0 aliphatic rings. The predicted octanol–water partition coefficient (Wildman–Crippen LogP) is 1.81. The van der Waals surface area contributed by atoms with E-state index in [2.05, 4.69) is 0 Å². The molecule has 0 aromatic heterocycles. The molecule has 0 bridgehead atoms. The molecule has 1 aromatic rings. The van der Waals surface area contributed by atoms with Crippen LogP contribution in [0.4, 0.5) is 0 Å². The molecule has 90 valence electrons. The maximum atomic E-state index is 11.1. The summed E-state index contributed by atoms with van der Waals surface area (Å²) in [6.45, 7) is 0. The summed E-state index contributed by atoms with van der Waals surface area (Å²) in [5.41, 5.74) is 0.214. The third kappa shape index (κ3) is 3.93. The monoisotopic (exact) mass is 302 g/mol. The molecule has 0 fully saturated rings. The Bertz CT molecular complexity index is 605. The lowest BCUT2D eigenvalue weighted by molar-refractivity contribution is 0.600. The van der Waals surface area contributed by atoms with E-state index in [1.54, 1.807) is 0 Å². The van der Waals surface area contributed by atoms with Crippen LogP contribution in [0.2, 0.25) is 5.02 Å². The second kappa shape index (κ2) is 4.52. The van der Waals surface area contributed by atoms with Gasteiger partial charge in [0.2, 0.25) is 0 Å². The third-order valence-electron chi connectivity index (χ3n) is 1.72. The van der Waals surface area contributed by atoms with Crippen LogP contribution in [0.1, 0.15) is 5.56 Å². The van der Waals surface area contributed by atoms with Crippen molar-refractivity contribution in [1.82, 2.24) is 0 Å². The molecule has 0 N–H and O–H groups in total. The first-order valence-corrected chi connectivity index (χ1v) is 8.75. The first-order chi connectivity index (χ1) is 7.09. The molecule has 1 aromatic carbocycles. The number of benzene rings is 1. The lowest BCUT2D eigenvalue weighted by Crippen LogP contribution is -2.02. The number of halogens is 2. The van der Waals surface area contributed by atoms with Crippen LogP contribution in [0.15, 0.2) is 23.1 Å². The van der Waals surface area contributed by atoms with E-state index < -0.39 is 18.9 Å². The molecule has 4 nitrogen and oxygen atoms in total. The normalized spacial score (nSPS) is 12.7. The lowest BCUT2D eigenvalue weighted by Gasteiger charge is -2.04. The summed E-state index contributed by atoms with van der Waals surface area (Å²) in [4.78, 5) is -0.169. The maximum Gasteiger partial charge on any atom is 0.261 e. The lowest BCUT2D eigenvalue weighted by atomic mass is 10.2. The minimum Gasteiger partial charge on any atom is -0.229 e. The molecule has 0 aliphatic carbocycles. The van der Waals surface area contributed by atoms with Gasteiger partial charge in [-0.3, -0.25) is 0 Å². The van der Waals surface area contributed by atoms with Gasteiger partial charge in [0.05, 0.1) is 10.6 Å². The van der Waals surface area contributed by atoms with E-state index in [1.165, 1.54) is 12.1 Å². The van der Waals surface area contributed by atoms with E-state index in [-0.39, 0.29) is 21.2 Å². The van der Waals surface area contributed by atoms with Gasteiger partial charge in [0.1, 0.15) is 0 Å². The Morgan fingerprint density at radius 3 is 2.19 bits per heavy atom. The molecule has 16 heavy (non-hydrogen) atoms. The van der Waals surface area contributed by atoms with Crippen LogP contribution in [0.5, 0.6) is 0 Å². The summed E-state index contributed by atoms with van der Waals surface area (Å²) in [5.74, 6) is -0.327. The Kier molecular flexibility index (Phi) is 3.89. The van der Waals surface area contributed by atoms with Gasteiger partial charge in [-0.05, 0) is 23.8 Å². The van der Waals surface area contributed by atoms with Crippen LogP contribution in [0.25, 0.3) is 0 Å². The van der Waals surface area contributed by atoms with Crippen molar-refractivity contribution in [2.24, 2.45) is 0 Å². The highest BCUT2D eigenvalue weighted by molar-refractivity contribution is 8.13. The molecule has 0 saturated carbocycles. The van der Waals surface area contributed by atoms with Gasteiger partial charge in [0.15, 0.2) is 9.84 Å². The zero-order valence-corrected chi connectivity index (χ0v) is 11.3. The van der Waals surface area contributed by atoms with Gasteiger partial charge >= 0.3 is 0 Å². The van der Waals surface area contributed by atoms with Crippen LogP contribution in [-0.2, 0) is 24.6 Å². The highest BCUT2D eigenvalue weighted by Gasteiger charge is 2.15. The molecule has 0 aliphatic heterocycles. The fourth-order valence-corrected chi connectivity index (χ4v) is 2.96. The summed E-state index contributed by atoms with van der Waals surface area (Å²) < 4.78 is 44.2. The Morgan fingerprint density at radius 2 is 1.75 bits per heavy atom. The van der Waals surface area contributed by atoms with Crippen molar-refractivity contribution >= 4 is 41.2 Å². The number of sulfone groups is 1. The number of hydrogen-bond donors (Lipinski definition) is 0. The minimum atomic E-state index is -3.88. The molecule has 8 heteroatoms. The largest absolute Gasteiger partial charge is 0.261 e. The number of rotatable bonds is 3. The van der Waals surface area contributed by atoms with Crippen LogP contribution in [-0.4, -0.2) is 23.1 Å². The maximum absolute atomic E-state index is 11.1. The van der Waals surface area contributed by atoms with Crippen molar-refractivity contribution in [2.45, 2.75) is 10.6 Å². The van der Waals surface area contributed by atoms with Gasteiger partial charge in [-0.1, -0.05) is 11.6 Å². The first-order valence-electron chi connectivity index (χ1n) is 4.00. The van der Waals surface area contributed by atoms with Gasteiger partial charge < -0.3 is 0 Å². The van der Waals surface area contributed by atoms with Crippen molar-refractivity contribution in [3.05, 3.63) is 28.8 Å². The first kappa shape index (κ1) is 13.8. The van der Waals surface area contributed by atoms with Gasteiger partial charge in [-0.15, -0.1) is 0 Å². The summed E-state index contributed by atoms with van der Waals surface area (Å²) in [5, 5.41) is 0.189. The second-order valence-corrected chi connectivity index (χ2v) is 8.37. The Morgan fingerprint density at radius 1 is 1.19 bits per heavy atom. The van der Waals surface area contributed by atoms with Crippen LogP contribution < -0.4 is 0 Å². The van der Waals surface area contributed by atoms with Crippen LogP contribution in [0.3, 0.4) is 0 Å². The Balaban J connectivity index is 3.31. The van der Waals surface area contributed by atoms with Gasteiger partial charge in [-0.2, -0.15) is 0 Å². The van der Waals surface area contributed by atoms with Gasteiger partial charge in [-0.25, -0.2) is 16.8 Å². The zero-order valence-electron chi connectivity index (χ0n) is 8.14. The SMILES string of the molecule is CS(=O)(=O)Cc1cc(S(=O)(=O)Cl)ccc1Cl. The molecule has 0 saturated heterocycles. The smallest absolute Gasteiger partial charge is 0.229 e. The second-order valence-electron chi connectivity index (χ2n) is 3.26. The van der Waals surface area contributed by atoms with Crippen LogP contribution >= 0.6 is 22.3 Å². The van der Waals surface area contributed by atoms with Crippen LogP contribution in [0, 0.1) is 0 Å². The van der Waals surface area contributed by atoms with E-state index >= 15 is 0 Å². The topological polar surface area (TPSA) is 68.3 Å².